The van der Waals surface area contributed by atoms with Gasteiger partial charge in [0.15, 0.2) is 0 Å². The van der Waals surface area contributed by atoms with E-state index in [1.165, 1.54) is 0 Å². The summed E-state index contributed by atoms with van der Waals surface area (Å²) < 4.78 is 0. The molecule has 0 fully saturated rings. The van der Waals surface area contributed by atoms with E-state index in [0.29, 0.717) is 0 Å². The van der Waals surface area contributed by atoms with Gasteiger partial charge in [0, 0.05) is 36.2 Å². The molecule has 0 unspecified atom stereocenters. The first-order valence-electron chi connectivity index (χ1n) is 25.5. The smallest absolute Gasteiger partial charge is 0.0645 e. The van der Waals surface area contributed by atoms with Gasteiger partial charge in [0.1, 0.15) is 0 Å². The van der Waals surface area contributed by atoms with Crippen molar-refractivity contribution in [1.82, 2.24) is 19.9 Å². The minimum Gasteiger partial charge on any atom is -0.307 e. The summed E-state index contributed by atoms with van der Waals surface area (Å²) in [6.07, 6.45) is 14.9. The summed E-state index contributed by atoms with van der Waals surface area (Å²) in [5.41, 5.74) is 19.2. The molecule has 76 heavy (non-hydrogen) atoms. The molecule has 6 heteroatoms. The molecule has 13 rings (SSSR count). The Hall–Kier alpha value is -10.3. The fraction of sp³-hybridized carbons (Fsp3) is 0. The van der Waals surface area contributed by atoms with Crippen molar-refractivity contribution < 1.29 is 0 Å². The first kappa shape index (κ1) is 45.6. The van der Waals surface area contributed by atoms with Crippen LogP contribution in [0.4, 0.5) is 34.1 Å². The number of rotatable bonds is 12. The Morgan fingerprint density at radius 1 is 0.197 bits per heavy atom. The molecule has 0 amide bonds. The van der Waals surface area contributed by atoms with E-state index < -0.39 is 0 Å². The highest BCUT2D eigenvalue weighted by molar-refractivity contribution is 6.23. The van der Waals surface area contributed by atoms with Gasteiger partial charge in [0.25, 0.3) is 0 Å². The van der Waals surface area contributed by atoms with Crippen molar-refractivity contribution in [3.05, 3.63) is 292 Å². The number of benzene rings is 9. The van der Waals surface area contributed by atoms with Gasteiger partial charge in [-0.3, -0.25) is 19.9 Å². The lowest BCUT2D eigenvalue weighted by Gasteiger charge is -2.28. The second-order valence-corrected chi connectivity index (χ2v) is 18.8. The third-order valence-corrected chi connectivity index (χ3v) is 14.1. The predicted octanol–water partition coefficient (Wildman–Crippen LogP) is 18.5. The average Bonchev–Trinajstić information content (AvgIpc) is 3.55. The van der Waals surface area contributed by atoms with Gasteiger partial charge in [0.2, 0.25) is 0 Å². The van der Waals surface area contributed by atoms with Gasteiger partial charge in [-0.2, -0.15) is 0 Å². The van der Waals surface area contributed by atoms with Crippen LogP contribution in [0.1, 0.15) is 0 Å². The minimum absolute atomic E-state index is 0.924. The van der Waals surface area contributed by atoms with Crippen LogP contribution in [0.2, 0.25) is 0 Å². The van der Waals surface area contributed by atoms with E-state index in [0.717, 1.165) is 122 Å². The van der Waals surface area contributed by atoms with Crippen molar-refractivity contribution in [2.45, 2.75) is 0 Å². The highest BCUT2D eigenvalue weighted by Gasteiger charge is 2.24. The van der Waals surface area contributed by atoms with E-state index in [1.54, 1.807) is 0 Å². The van der Waals surface area contributed by atoms with E-state index in [4.69, 9.17) is 0 Å². The lowest BCUT2D eigenvalue weighted by atomic mass is 9.83. The van der Waals surface area contributed by atoms with E-state index in [9.17, 15) is 0 Å². The summed E-state index contributed by atoms with van der Waals surface area (Å²) >= 11 is 0. The Morgan fingerprint density at radius 3 is 0.737 bits per heavy atom. The molecule has 0 radical (unpaired) electrons. The number of pyridine rings is 4. The summed E-state index contributed by atoms with van der Waals surface area (Å²) in [4.78, 5) is 22.9. The largest absolute Gasteiger partial charge is 0.307 e. The third kappa shape index (κ3) is 8.90. The van der Waals surface area contributed by atoms with Crippen LogP contribution in [-0.2, 0) is 0 Å². The van der Waals surface area contributed by atoms with E-state index in [1.807, 2.05) is 73.8 Å². The minimum atomic E-state index is 0.924. The molecule has 9 aromatic carbocycles. The van der Waals surface area contributed by atoms with Crippen molar-refractivity contribution in [1.29, 1.82) is 0 Å². The van der Waals surface area contributed by atoms with Crippen molar-refractivity contribution in [3.63, 3.8) is 0 Å². The number of nitrogens with zero attached hydrogens (tertiary/aromatic N) is 6. The van der Waals surface area contributed by atoms with Crippen LogP contribution >= 0.6 is 0 Å². The van der Waals surface area contributed by atoms with E-state index in [2.05, 4.69) is 248 Å². The van der Waals surface area contributed by atoms with Gasteiger partial charge in [0.05, 0.1) is 47.5 Å². The molecule has 4 aromatic heterocycles. The zero-order valence-corrected chi connectivity index (χ0v) is 41.4. The quantitative estimate of drug-likeness (QED) is 0.114. The maximum Gasteiger partial charge on any atom is 0.0645 e. The SMILES string of the molecule is c1ccc(-c2cc(-c3ccccc3)cc(-c3c4ccc(N(c5cccnc5)c5cccnc5)cc4c(-c4cc(-c5ccccc5)cc(-c5ccccc5)c4)c4ccc(N(c5cccnc5)c5cccnc5)cc34)c2)cc1. The number of fused-ring (bicyclic) bond motifs is 2. The summed E-state index contributed by atoms with van der Waals surface area (Å²) in [5.74, 6) is 0. The molecule has 0 spiro atoms. The zero-order valence-electron chi connectivity index (χ0n) is 41.4. The molecule has 0 atom stereocenters. The maximum atomic E-state index is 4.61. The molecular formula is C70H48N6. The van der Waals surface area contributed by atoms with Gasteiger partial charge in [-0.05, 0) is 198 Å². The molecule has 358 valence electrons. The Balaban J connectivity index is 1.19. The van der Waals surface area contributed by atoms with Crippen molar-refractivity contribution >= 4 is 55.7 Å². The highest BCUT2D eigenvalue weighted by atomic mass is 15.2. The van der Waals surface area contributed by atoms with Crippen molar-refractivity contribution in [2.24, 2.45) is 0 Å². The van der Waals surface area contributed by atoms with Crippen LogP contribution in [-0.4, -0.2) is 19.9 Å². The summed E-state index contributed by atoms with van der Waals surface area (Å²) in [7, 11) is 0. The molecule has 0 bridgehead atoms. The van der Waals surface area contributed by atoms with Gasteiger partial charge >= 0.3 is 0 Å². The molecule has 0 aliphatic rings. The standard InChI is InChI=1S/C70H48N6/c1-5-17-49(18-6-1)53-37-54(50-19-7-2-8-20-50)40-57(39-53)69-65-31-29-60(76(63-27-15-35-73-47-63)64-28-16-36-74-48-64)44-68(65)70(58-41-55(51-21-9-3-10-22-51)38-56(42-58)52-23-11-4-12-24-52)66-32-30-59(43-67(66)69)75(61-25-13-33-71-45-61)62-26-14-34-72-46-62/h1-48H. The van der Waals surface area contributed by atoms with Crippen LogP contribution < -0.4 is 9.80 Å². The molecular weight excluding hydrogens is 925 g/mol. The average molecular weight is 973 g/mol. The van der Waals surface area contributed by atoms with Gasteiger partial charge in [-0.25, -0.2) is 0 Å². The van der Waals surface area contributed by atoms with Crippen molar-refractivity contribution in [3.8, 4) is 66.8 Å². The second-order valence-electron chi connectivity index (χ2n) is 18.8. The van der Waals surface area contributed by atoms with Crippen LogP contribution in [0.25, 0.3) is 88.3 Å². The molecule has 0 saturated carbocycles. The Bertz CT molecular complexity index is 3660. The molecule has 6 nitrogen and oxygen atoms in total. The molecule has 4 heterocycles. The number of anilines is 6. The Kier molecular flexibility index (Phi) is 12.2. The number of aromatic nitrogens is 4. The first-order valence-corrected chi connectivity index (χ1v) is 25.5. The molecule has 0 N–H and O–H groups in total. The monoisotopic (exact) mass is 972 g/mol. The fourth-order valence-electron chi connectivity index (χ4n) is 10.7. The maximum absolute atomic E-state index is 4.61. The third-order valence-electron chi connectivity index (χ3n) is 14.1. The van der Waals surface area contributed by atoms with E-state index >= 15 is 0 Å². The van der Waals surface area contributed by atoms with E-state index in [-0.39, 0.29) is 0 Å². The molecule has 0 aliphatic heterocycles. The first-order chi connectivity index (χ1) is 37.7. The molecule has 13 aromatic rings. The summed E-state index contributed by atoms with van der Waals surface area (Å²) in [5, 5.41) is 4.39. The van der Waals surface area contributed by atoms with Crippen LogP contribution in [0, 0.1) is 0 Å². The van der Waals surface area contributed by atoms with Gasteiger partial charge in [-0.1, -0.05) is 133 Å². The topological polar surface area (TPSA) is 58.0 Å². The Morgan fingerprint density at radius 2 is 0.474 bits per heavy atom. The zero-order chi connectivity index (χ0) is 50.6. The van der Waals surface area contributed by atoms with Crippen molar-refractivity contribution in [2.75, 3.05) is 9.80 Å². The normalized spacial score (nSPS) is 11.2. The Labute approximate surface area is 442 Å². The summed E-state index contributed by atoms with van der Waals surface area (Å²) in [6, 6.07) is 87.2. The van der Waals surface area contributed by atoms with Crippen LogP contribution in [0.5, 0.6) is 0 Å². The summed E-state index contributed by atoms with van der Waals surface area (Å²) in [6.45, 7) is 0. The number of hydrogen-bond acceptors (Lipinski definition) is 6. The predicted molar refractivity (Wildman–Crippen MR) is 315 cm³/mol. The van der Waals surface area contributed by atoms with Crippen LogP contribution in [0.3, 0.4) is 0 Å². The molecule has 0 aliphatic carbocycles. The molecule has 0 saturated heterocycles. The lowest BCUT2D eigenvalue weighted by Crippen LogP contribution is -2.11. The number of hydrogen-bond donors (Lipinski definition) is 0. The fourth-order valence-corrected chi connectivity index (χ4v) is 10.7. The van der Waals surface area contributed by atoms with Crippen LogP contribution in [0.15, 0.2) is 292 Å². The van der Waals surface area contributed by atoms with Gasteiger partial charge < -0.3 is 9.80 Å². The highest BCUT2D eigenvalue weighted by Crippen LogP contribution is 2.50. The lowest BCUT2D eigenvalue weighted by molar-refractivity contribution is 1.20. The van der Waals surface area contributed by atoms with Gasteiger partial charge in [-0.15, -0.1) is 0 Å². The second kappa shape index (κ2) is 20.3.